The van der Waals surface area contributed by atoms with Gasteiger partial charge in [0, 0.05) is 12.2 Å². The lowest BCUT2D eigenvalue weighted by Gasteiger charge is -2.02. The van der Waals surface area contributed by atoms with E-state index < -0.39 is 17.8 Å². The van der Waals surface area contributed by atoms with Crippen LogP contribution >= 0.6 is 11.3 Å². The zero-order valence-corrected chi connectivity index (χ0v) is 8.78. The molecular formula is C9H8N2O4S. The first-order chi connectivity index (χ1) is 7.59. The summed E-state index contributed by atoms with van der Waals surface area (Å²) in [4.78, 5) is 32.8. The minimum Gasteiger partial charge on any atom is -0.478 e. The molecule has 0 unspecified atom stereocenters. The Hall–Kier alpha value is -2.15. The van der Waals surface area contributed by atoms with E-state index >= 15 is 0 Å². The van der Waals surface area contributed by atoms with E-state index in [2.05, 4.69) is 5.43 Å². The lowest BCUT2D eigenvalue weighted by atomic mass is 10.4. The number of carbonyl (C=O) groups excluding carboxylic acids is 2. The molecule has 0 aliphatic rings. The molecule has 1 rings (SSSR count). The number of hydrogen-bond donors (Lipinski definition) is 3. The van der Waals surface area contributed by atoms with Crippen molar-refractivity contribution in [3.8, 4) is 0 Å². The predicted octanol–water partition coefficient (Wildman–Crippen LogP) is 0.150. The van der Waals surface area contributed by atoms with E-state index in [-0.39, 0.29) is 0 Å². The molecule has 6 nitrogen and oxygen atoms in total. The van der Waals surface area contributed by atoms with Crippen molar-refractivity contribution >= 4 is 29.1 Å². The first-order valence-corrected chi connectivity index (χ1v) is 5.02. The molecule has 0 atom stereocenters. The molecular weight excluding hydrogens is 232 g/mol. The zero-order chi connectivity index (χ0) is 12.0. The minimum absolute atomic E-state index is 0.447. The van der Waals surface area contributed by atoms with Crippen molar-refractivity contribution in [1.82, 2.24) is 10.9 Å². The van der Waals surface area contributed by atoms with Gasteiger partial charge in [0.15, 0.2) is 0 Å². The first kappa shape index (κ1) is 11.9. The van der Waals surface area contributed by atoms with Gasteiger partial charge in [-0.2, -0.15) is 0 Å². The summed E-state index contributed by atoms with van der Waals surface area (Å²) >= 11 is 1.23. The van der Waals surface area contributed by atoms with Gasteiger partial charge in [-0.3, -0.25) is 20.4 Å². The first-order valence-electron chi connectivity index (χ1n) is 4.14. The zero-order valence-electron chi connectivity index (χ0n) is 7.97. The minimum atomic E-state index is -1.24. The third-order valence-electron chi connectivity index (χ3n) is 1.42. The van der Waals surface area contributed by atoms with Crippen molar-refractivity contribution in [3.05, 3.63) is 34.5 Å². The molecule has 0 aliphatic heterocycles. The highest BCUT2D eigenvalue weighted by Crippen LogP contribution is 2.06. The quantitative estimate of drug-likeness (QED) is 0.517. The maximum Gasteiger partial charge on any atom is 0.328 e. The molecule has 0 aliphatic carbocycles. The highest BCUT2D eigenvalue weighted by atomic mass is 32.1. The van der Waals surface area contributed by atoms with E-state index in [1.807, 2.05) is 5.43 Å². The van der Waals surface area contributed by atoms with E-state index in [4.69, 9.17) is 5.11 Å². The molecule has 0 radical (unpaired) electrons. The van der Waals surface area contributed by atoms with Crippen LogP contribution in [0.3, 0.4) is 0 Å². The second kappa shape index (κ2) is 5.66. The fraction of sp³-hybridized carbons (Fsp3) is 0. The van der Waals surface area contributed by atoms with Crippen LogP contribution in [-0.4, -0.2) is 22.9 Å². The van der Waals surface area contributed by atoms with Crippen LogP contribution in [0.1, 0.15) is 9.67 Å². The number of aliphatic carboxylic acids is 1. The summed E-state index contributed by atoms with van der Waals surface area (Å²) in [5.74, 6) is -2.40. The van der Waals surface area contributed by atoms with Crippen LogP contribution in [0.5, 0.6) is 0 Å². The van der Waals surface area contributed by atoms with Crippen molar-refractivity contribution in [2.24, 2.45) is 0 Å². The Bertz CT molecular complexity index is 425. The van der Waals surface area contributed by atoms with Gasteiger partial charge < -0.3 is 5.11 Å². The molecule has 2 amide bonds. The summed E-state index contributed by atoms with van der Waals surface area (Å²) in [6.45, 7) is 0. The molecule has 1 aromatic heterocycles. The van der Waals surface area contributed by atoms with Crippen LogP contribution in [0.25, 0.3) is 0 Å². The summed E-state index contributed by atoms with van der Waals surface area (Å²) in [6, 6.07) is 3.30. The molecule has 3 N–H and O–H groups in total. The van der Waals surface area contributed by atoms with Crippen LogP contribution in [0.15, 0.2) is 29.7 Å². The fourth-order valence-electron chi connectivity index (χ4n) is 0.776. The highest BCUT2D eigenvalue weighted by Gasteiger charge is 2.06. The Morgan fingerprint density at radius 3 is 2.56 bits per heavy atom. The number of carboxylic acids is 1. The lowest BCUT2D eigenvalue weighted by Crippen LogP contribution is -2.40. The maximum atomic E-state index is 11.3. The maximum absolute atomic E-state index is 11.3. The molecule has 0 fully saturated rings. The van der Waals surface area contributed by atoms with E-state index in [9.17, 15) is 14.4 Å². The normalized spacial score (nSPS) is 10.0. The number of amides is 2. The summed E-state index contributed by atoms with van der Waals surface area (Å²) in [5.41, 5.74) is 4.18. The summed E-state index contributed by atoms with van der Waals surface area (Å²) in [6.07, 6.45) is 1.48. The van der Waals surface area contributed by atoms with E-state index in [0.717, 1.165) is 6.08 Å². The number of hydrogen-bond acceptors (Lipinski definition) is 4. The van der Waals surface area contributed by atoms with Crippen LogP contribution in [0.4, 0.5) is 0 Å². The van der Waals surface area contributed by atoms with Crippen LogP contribution < -0.4 is 10.9 Å². The topological polar surface area (TPSA) is 95.5 Å². The molecule has 0 saturated carbocycles. The largest absolute Gasteiger partial charge is 0.478 e. The highest BCUT2D eigenvalue weighted by molar-refractivity contribution is 7.12. The van der Waals surface area contributed by atoms with E-state index in [1.54, 1.807) is 17.5 Å². The Morgan fingerprint density at radius 1 is 1.25 bits per heavy atom. The van der Waals surface area contributed by atoms with Gasteiger partial charge >= 0.3 is 5.97 Å². The predicted molar refractivity (Wildman–Crippen MR) is 56.7 cm³/mol. The summed E-state index contributed by atoms with van der Waals surface area (Å²) in [5, 5.41) is 9.96. The SMILES string of the molecule is O=C(O)/C=C\C(=O)NNC(=O)c1cccs1. The smallest absolute Gasteiger partial charge is 0.328 e. The summed E-state index contributed by atoms with van der Waals surface area (Å²) < 4.78 is 0. The molecule has 0 spiro atoms. The number of carboxylic acid groups (broad SMARTS) is 1. The molecule has 0 saturated heterocycles. The van der Waals surface area contributed by atoms with Crippen LogP contribution in [0, 0.1) is 0 Å². The lowest BCUT2D eigenvalue weighted by molar-refractivity contribution is -0.131. The molecule has 0 aromatic carbocycles. The average molecular weight is 240 g/mol. The molecule has 0 bridgehead atoms. The number of thiophene rings is 1. The van der Waals surface area contributed by atoms with Crippen molar-refractivity contribution in [2.45, 2.75) is 0 Å². The van der Waals surface area contributed by atoms with Crippen molar-refractivity contribution in [3.63, 3.8) is 0 Å². The average Bonchev–Trinajstić information content (AvgIpc) is 2.76. The number of nitrogens with one attached hydrogen (secondary N) is 2. The number of hydrazine groups is 1. The van der Waals surface area contributed by atoms with Gasteiger partial charge in [0.2, 0.25) is 0 Å². The van der Waals surface area contributed by atoms with Gasteiger partial charge in [-0.05, 0) is 11.4 Å². The van der Waals surface area contributed by atoms with Gasteiger partial charge in [0.05, 0.1) is 4.88 Å². The Morgan fingerprint density at radius 2 is 2.00 bits per heavy atom. The van der Waals surface area contributed by atoms with Gasteiger partial charge in [-0.15, -0.1) is 11.3 Å². The van der Waals surface area contributed by atoms with Gasteiger partial charge in [0.1, 0.15) is 0 Å². The second-order valence-electron chi connectivity index (χ2n) is 2.59. The van der Waals surface area contributed by atoms with Crippen LogP contribution in [-0.2, 0) is 9.59 Å². The van der Waals surface area contributed by atoms with Crippen molar-refractivity contribution in [1.29, 1.82) is 0 Å². The van der Waals surface area contributed by atoms with Crippen molar-refractivity contribution in [2.75, 3.05) is 0 Å². The Balaban J connectivity index is 2.38. The fourth-order valence-corrected chi connectivity index (χ4v) is 1.40. The molecule has 84 valence electrons. The van der Waals surface area contributed by atoms with E-state index in [0.29, 0.717) is 11.0 Å². The molecule has 7 heteroatoms. The molecule has 1 aromatic rings. The standard InChI is InChI=1S/C9H8N2O4S/c12-7(3-4-8(13)14)10-11-9(15)6-2-1-5-16-6/h1-5H,(H,10,12)(H,11,15)(H,13,14)/b4-3-. The molecule has 16 heavy (non-hydrogen) atoms. The number of carbonyl (C=O) groups is 3. The Kier molecular flexibility index (Phi) is 4.22. The summed E-state index contributed by atoms with van der Waals surface area (Å²) in [7, 11) is 0. The second-order valence-corrected chi connectivity index (χ2v) is 3.54. The van der Waals surface area contributed by atoms with Gasteiger partial charge in [-0.25, -0.2) is 4.79 Å². The monoisotopic (exact) mass is 240 g/mol. The van der Waals surface area contributed by atoms with Gasteiger partial charge in [-0.1, -0.05) is 6.07 Å². The molecule has 1 heterocycles. The van der Waals surface area contributed by atoms with Gasteiger partial charge in [0.25, 0.3) is 11.8 Å². The van der Waals surface area contributed by atoms with E-state index in [1.165, 1.54) is 11.3 Å². The Labute approximate surface area is 94.6 Å². The number of rotatable bonds is 3. The van der Waals surface area contributed by atoms with Crippen molar-refractivity contribution < 1.29 is 19.5 Å². The van der Waals surface area contributed by atoms with Crippen LogP contribution in [0.2, 0.25) is 0 Å². The third-order valence-corrected chi connectivity index (χ3v) is 2.29. The third kappa shape index (κ3) is 3.93.